The van der Waals surface area contributed by atoms with Gasteiger partial charge in [0.25, 0.3) is 11.6 Å². The third-order valence-electron chi connectivity index (χ3n) is 3.54. The van der Waals surface area contributed by atoms with Gasteiger partial charge in [-0.2, -0.15) is 0 Å². The maximum atomic E-state index is 12.2. The quantitative estimate of drug-likeness (QED) is 0.464. The van der Waals surface area contributed by atoms with Gasteiger partial charge in [-0.1, -0.05) is 6.07 Å². The minimum atomic E-state index is -3.05. The predicted molar refractivity (Wildman–Crippen MR) is 88.1 cm³/mol. The van der Waals surface area contributed by atoms with Gasteiger partial charge in [0.15, 0.2) is 14.9 Å². The van der Waals surface area contributed by atoms with E-state index in [2.05, 4.69) is 10.6 Å². The lowest BCUT2D eigenvalue weighted by molar-refractivity contribution is -0.385. The van der Waals surface area contributed by atoms with Crippen molar-refractivity contribution in [1.82, 2.24) is 10.6 Å². The van der Waals surface area contributed by atoms with Crippen LogP contribution in [0, 0.1) is 17.0 Å². The Morgan fingerprint density at radius 2 is 2.13 bits per heavy atom. The zero-order chi connectivity index (χ0) is 17.2. The van der Waals surface area contributed by atoms with Gasteiger partial charge in [-0.3, -0.25) is 20.2 Å². The molecule has 8 nitrogen and oxygen atoms in total. The van der Waals surface area contributed by atoms with Crippen LogP contribution in [0.4, 0.5) is 5.69 Å². The number of thiocarbonyl (C=S) groups is 1. The molecule has 1 heterocycles. The molecule has 2 rings (SSSR count). The molecule has 2 N–H and O–H groups in total. The highest BCUT2D eigenvalue weighted by atomic mass is 32.2. The summed E-state index contributed by atoms with van der Waals surface area (Å²) in [5, 5.41) is 16.1. The van der Waals surface area contributed by atoms with Gasteiger partial charge in [0, 0.05) is 23.2 Å². The van der Waals surface area contributed by atoms with Gasteiger partial charge >= 0.3 is 0 Å². The fraction of sp³-hybridized carbons (Fsp3) is 0.385. The highest BCUT2D eigenvalue weighted by molar-refractivity contribution is 7.91. The Hall–Kier alpha value is -2.07. The van der Waals surface area contributed by atoms with Crippen molar-refractivity contribution in [3.05, 3.63) is 39.4 Å². The Morgan fingerprint density at radius 1 is 1.43 bits per heavy atom. The Bertz CT molecular complexity index is 776. The van der Waals surface area contributed by atoms with E-state index in [4.69, 9.17) is 12.2 Å². The van der Waals surface area contributed by atoms with Crippen molar-refractivity contribution < 1.29 is 18.1 Å². The van der Waals surface area contributed by atoms with Crippen LogP contribution in [0.1, 0.15) is 22.3 Å². The molecule has 0 radical (unpaired) electrons. The van der Waals surface area contributed by atoms with Crippen LogP contribution in [0.3, 0.4) is 0 Å². The van der Waals surface area contributed by atoms with E-state index in [9.17, 15) is 23.3 Å². The molecule has 1 fully saturated rings. The smallest absolute Gasteiger partial charge is 0.273 e. The Labute approximate surface area is 138 Å². The summed E-state index contributed by atoms with van der Waals surface area (Å²) in [6.07, 6.45) is 0.425. The number of nitrogens with zero attached hydrogens (tertiary/aromatic N) is 1. The first-order chi connectivity index (χ1) is 10.7. The maximum Gasteiger partial charge on any atom is 0.273 e. The Kier molecular flexibility index (Phi) is 4.95. The molecule has 10 heteroatoms. The van der Waals surface area contributed by atoms with Crippen LogP contribution >= 0.6 is 12.2 Å². The molecule has 0 saturated carbocycles. The Balaban J connectivity index is 2.03. The molecule has 1 saturated heterocycles. The van der Waals surface area contributed by atoms with E-state index in [-0.39, 0.29) is 39.5 Å². The summed E-state index contributed by atoms with van der Waals surface area (Å²) in [6, 6.07) is 3.85. The molecule has 1 aromatic carbocycles. The minimum Gasteiger partial charge on any atom is -0.359 e. The molecule has 1 aliphatic heterocycles. The number of carbonyl (C=O) groups excluding carboxylic acids is 1. The molecule has 0 bridgehead atoms. The van der Waals surface area contributed by atoms with E-state index in [0.29, 0.717) is 6.42 Å². The summed E-state index contributed by atoms with van der Waals surface area (Å²) in [5.41, 5.74) is 0.224. The zero-order valence-electron chi connectivity index (χ0n) is 12.2. The third-order valence-corrected chi connectivity index (χ3v) is 5.53. The number of hydrogen-bond donors (Lipinski definition) is 2. The lowest BCUT2D eigenvalue weighted by Crippen LogP contribution is -2.45. The number of benzene rings is 1. The number of sulfone groups is 1. The maximum absolute atomic E-state index is 12.2. The van der Waals surface area contributed by atoms with Crippen molar-refractivity contribution in [2.45, 2.75) is 19.4 Å². The SMILES string of the molecule is Cc1c(C(=O)NC(=S)NC2CCS(=O)(=O)C2)cccc1[N+](=O)[O-]. The van der Waals surface area contributed by atoms with Gasteiger partial charge in [0.2, 0.25) is 0 Å². The summed E-state index contributed by atoms with van der Waals surface area (Å²) >= 11 is 5.00. The van der Waals surface area contributed by atoms with Gasteiger partial charge in [0.1, 0.15) is 0 Å². The van der Waals surface area contributed by atoms with Gasteiger partial charge in [-0.15, -0.1) is 0 Å². The number of hydrogen-bond acceptors (Lipinski definition) is 6. The molecule has 0 aromatic heterocycles. The molecule has 0 aliphatic carbocycles. The van der Waals surface area contributed by atoms with Crippen molar-refractivity contribution >= 4 is 38.8 Å². The molecule has 23 heavy (non-hydrogen) atoms. The fourth-order valence-electron chi connectivity index (χ4n) is 2.37. The van der Waals surface area contributed by atoms with Crippen molar-refractivity contribution in [3.8, 4) is 0 Å². The first-order valence-electron chi connectivity index (χ1n) is 6.76. The first kappa shape index (κ1) is 17.3. The second-order valence-electron chi connectivity index (χ2n) is 5.23. The van der Waals surface area contributed by atoms with Crippen LogP contribution in [0.5, 0.6) is 0 Å². The average molecular weight is 357 g/mol. The second-order valence-corrected chi connectivity index (χ2v) is 7.87. The minimum absolute atomic E-state index is 0.00278. The summed E-state index contributed by atoms with van der Waals surface area (Å²) in [6.45, 7) is 1.48. The van der Waals surface area contributed by atoms with Crippen molar-refractivity contribution in [1.29, 1.82) is 0 Å². The zero-order valence-corrected chi connectivity index (χ0v) is 13.9. The second kappa shape index (κ2) is 6.59. The van der Waals surface area contributed by atoms with E-state index < -0.39 is 20.7 Å². The summed E-state index contributed by atoms with van der Waals surface area (Å²) in [7, 11) is -3.05. The first-order valence-corrected chi connectivity index (χ1v) is 8.99. The lowest BCUT2D eigenvalue weighted by Gasteiger charge is -2.14. The normalized spacial score (nSPS) is 19.1. The molecule has 0 spiro atoms. The molecule has 124 valence electrons. The molecule has 1 atom stereocenters. The van der Waals surface area contributed by atoms with Crippen LogP contribution in [-0.2, 0) is 9.84 Å². The third kappa shape index (κ3) is 4.23. The van der Waals surface area contributed by atoms with Crippen LogP contribution in [-0.4, -0.2) is 41.9 Å². The number of nitrogens with one attached hydrogen (secondary N) is 2. The fourth-order valence-corrected chi connectivity index (χ4v) is 4.30. The van der Waals surface area contributed by atoms with Crippen LogP contribution in [0.2, 0.25) is 0 Å². The van der Waals surface area contributed by atoms with Crippen molar-refractivity contribution in [3.63, 3.8) is 0 Å². The van der Waals surface area contributed by atoms with Gasteiger partial charge in [-0.25, -0.2) is 8.42 Å². The number of rotatable bonds is 3. The number of amides is 1. The molecule has 1 aliphatic rings. The largest absolute Gasteiger partial charge is 0.359 e. The standard InChI is InChI=1S/C13H15N3O5S2/c1-8-10(3-2-4-11(8)16(18)19)12(17)15-13(22)14-9-5-6-23(20,21)7-9/h2-4,9H,5-7H2,1H3,(H2,14,15,17,22). The molecular weight excluding hydrogens is 342 g/mol. The van der Waals surface area contributed by atoms with Crippen LogP contribution in [0.15, 0.2) is 18.2 Å². The van der Waals surface area contributed by atoms with E-state index >= 15 is 0 Å². The number of nitro groups is 1. The average Bonchev–Trinajstić information content (AvgIpc) is 2.77. The summed E-state index contributed by atoms with van der Waals surface area (Å²) in [5.74, 6) is -0.520. The van der Waals surface area contributed by atoms with Gasteiger partial charge in [0.05, 0.1) is 16.4 Å². The Morgan fingerprint density at radius 3 is 2.70 bits per heavy atom. The predicted octanol–water partition coefficient (Wildman–Crippen LogP) is 0.695. The lowest BCUT2D eigenvalue weighted by atomic mass is 10.1. The topological polar surface area (TPSA) is 118 Å². The van der Waals surface area contributed by atoms with Crippen LogP contribution in [0.25, 0.3) is 0 Å². The van der Waals surface area contributed by atoms with E-state index in [1.54, 1.807) is 0 Å². The number of nitro benzene ring substituents is 1. The van der Waals surface area contributed by atoms with E-state index in [0.717, 1.165) is 0 Å². The van der Waals surface area contributed by atoms with Crippen molar-refractivity contribution in [2.75, 3.05) is 11.5 Å². The summed E-state index contributed by atoms with van der Waals surface area (Å²) < 4.78 is 22.8. The summed E-state index contributed by atoms with van der Waals surface area (Å²) in [4.78, 5) is 22.5. The van der Waals surface area contributed by atoms with Crippen molar-refractivity contribution in [2.24, 2.45) is 0 Å². The number of carbonyl (C=O) groups is 1. The molecule has 1 amide bonds. The highest BCUT2D eigenvalue weighted by Gasteiger charge is 2.28. The van der Waals surface area contributed by atoms with Crippen LogP contribution < -0.4 is 10.6 Å². The molecular formula is C13H15N3O5S2. The van der Waals surface area contributed by atoms with E-state index in [1.165, 1.54) is 25.1 Å². The molecule has 1 unspecified atom stereocenters. The van der Waals surface area contributed by atoms with E-state index in [1.807, 2.05) is 0 Å². The molecule has 1 aromatic rings. The highest BCUT2D eigenvalue weighted by Crippen LogP contribution is 2.20. The van der Waals surface area contributed by atoms with Gasteiger partial charge in [-0.05, 0) is 31.6 Å². The monoisotopic (exact) mass is 357 g/mol. The van der Waals surface area contributed by atoms with Gasteiger partial charge < -0.3 is 5.32 Å².